The molecule has 0 unspecified atom stereocenters. The highest BCUT2D eigenvalue weighted by Gasteiger charge is 2.05. The molecule has 1 rings (SSSR count). The summed E-state index contributed by atoms with van der Waals surface area (Å²) in [4.78, 5) is 21.5. The minimum Gasteiger partial charge on any atom is -0.475 e. The fourth-order valence-electron chi connectivity index (χ4n) is 0.691. The first-order valence-electron chi connectivity index (χ1n) is 3.48. The quantitative estimate of drug-likeness (QED) is 0.582. The van der Waals surface area contributed by atoms with Crippen molar-refractivity contribution in [2.45, 2.75) is 6.92 Å². The summed E-state index contributed by atoms with van der Waals surface area (Å²) in [5, 5.41) is 8.25. The van der Waals surface area contributed by atoms with Gasteiger partial charge < -0.3 is 5.11 Å². The molecule has 0 saturated carbocycles. The van der Waals surface area contributed by atoms with Crippen molar-refractivity contribution >= 4 is 29.4 Å². The van der Waals surface area contributed by atoms with Gasteiger partial charge in [0.05, 0.1) is 5.69 Å². The molecule has 4 nitrogen and oxygen atoms in total. The highest BCUT2D eigenvalue weighted by Crippen LogP contribution is 2.10. The van der Waals surface area contributed by atoms with E-state index in [1.54, 1.807) is 6.07 Å². The number of aryl methyl sites for hydroxylation is 1. The van der Waals surface area contributed by atoms with Gasteiger partial charge in [0.1, 0.15) is 0 Å². The Hall–Kier alpha value is -1.49. The average Bonchev–Trinajstić information content (AvgIpc) is 2.47. The highest BCUT2D eigenvalue weighted by molar-refractivity contribution is 7.06. The van der Waals surface area contributed by atoms with Crippen LogP contribution in [0.1, 0.15) is 10.6 Å². The van der Waals surface area contributed by atoms with Crippen molar-refractivity contribution in [2.75, 3.05) is 0 Å². The average molecular weight is 197 g/mol. The molecule has 5 heteroatoms. The van der Waals surface area contributed by atoms with E-state index in [4.69, 9.17) is 5.11 Å². The van der Waals surface area contributed by atoms with E-state index < -0.39 is 11.8 Å². The minimum absolute atomic E-state index is 0.770. The van der Waals surface area contributed by atoms with E-state index in [-0.39, 0.29) is 0 Å². The highest BCUT2D eigenvalue weighted by atomic mass is 32.1. The van der Waals surface area contributed by atoms with Crippen molar-refractivity contribution in [3.8, 4) is 0 Å². The molecule has 0 amide bonds. The lowest BCUT2D eigenvalue weighted by atomic mass is 10.3. The number of ketones is 1. The Morgan fingerprint density at radius 1 is 1.62 bits per heavy atom. The Morgan fingerprint density at radius 2 is 2.31 bits per heavy atom. The van der Waals surface area contributed by atoms with Gasteiger partial charge in [0.15, 0.2) is 0 Å². The van der Waals surface area contributed by atoms with Gasteiger partial charge in [-0.15, -0.1) is 0 Å². The Kier molecular flexibility index (Phi) is 2.92. The third-order valence-corrected chi connectivity index (χ3v) is 2.10. The van der Waals surface area contributed by atoms with Crippen LogP contribution in [0.15, 0.2) is 12.1 Å². The first-order valence-corrected chi connectivity index (χ1v) is 4.25. The van der Waals surface area contributed by atoms with Gasteiger partial charge in [-0.3, -0.25) is 4.79 Å². The summed E-state index contributed by atoms with van der Waals surface area (Å²) in [5.74, 6) is -2.37. The lowest BCUT2D eigenvalue weighted by Crippen LogP contribution is -2.08. The molecule has 0 aliphatic carbocycles. The van der Waals surface area contributed by atoms with Crippen LogP contribution >= 0.6 is 11.5 Å². The second kappa shape index (κ2) is 3.95. The SMILES string of the molecule is Cc1cc(/C=C/C(=O)C(=O)O)sn1. The molecule has 13 heavy (non-hydrogen) atoms. The van der Waals surface area contributed by atoms with Crippen LogP contribution in [0.3, 0.4) is 0 Å². The van der Waals surface area contributed by atoms with E-state index in [9.17, 15) is 9.59 Å². The molecule has 1 heterocycles. The van der Waals surface area contributed by atoms with Crippen LogP contribution in [0.5, 0.6) is 0 Å². The number of carbonyl (C=O) groups excluding carboxylic acids is 1. The van der Waals surface area contributed by atoms with Crippen molar-refractivity contribution in [2.24, 2.45) is 0 Å². The molecular weight excluding hydrogens is 190 g/mol. The zero-order valence-electron chi connectivity index (χ0n) is 6.85. The third-order valence-electron chi connectivity index (χ3n) is 1.26. The number of hydrogen-bond donors (Lipinski definition) is 1. The van der Waals surface area contributed by atoms with Crippen LogP contribution in [-0.2, 0) is 9.59 Å². The maximum atomic E-state index is 10.6. The van der Waals surface area contributed by atoms with Crippen LogP contribution < -0.4 is 0 Å². The zero-order valence-corrected chi connectivity index (χ0v) is 7.67. The first-order chi connectivity index (χ1) is 6.09. The Labute approximate surface area is 78.7 Å². The van der Waals surface area contributed by atoms with Crippen LogP contribution in [0, 0.1) is 6.92 Å². The fourth-order valence-corrected chi connectivity index (χ4v) is 1.35. The first kappa shape index (κ1) is 9.60. The summed E-state index contributed by atoms with van der Waals surface area (Å²) in [5.41, 5.74) is 0.854. The molecule has 0 fully saturated rings. The number of aromatic nitrogens is 1. The van der Waals surface area contributed by atoms with E-state index in [1.165, 1.54) is 17.6 Å². The van der Waals surface area contributed by atoms with Crippen LogP contribution in [0.25, 0.3) is 6.08 Å². The maximum absolute atomic E-state index is 10.6. The molecule has 0 saturated heterocycles. The number of aliphatic carboxylic acids is 1. The van der Waals surface area contributed by atoms with E-state index in [1.807, 2.05) is 6.92 Å². The van der Waals surface area contributed by atoms with Crippen molar-refractivity contribution < 1.29 is 14.7 Å². The predicted molar refractivity (Wildman–Crippen MR) is 48.5 cm³/mol. The summed E-state index contributed by atoms with van der Waals surface area (Å²) in [6, 6.07) is 1.77. The molecule has 0 aromatic carbocycles. The Morgan fingerprint density at radius 3 is 2.77 bits per heavy atom. The lowest BCUT2D eigenvalue weighted by Gasteiger charge is -1.82. The van der Waals surface area contributed by atoms with E-state index in [2.05, 4.69) is 4.37 Å². The second-order valence-corrected chi connectivity index (χ2v) is 3.21. The smallest absolute Gasteiger partial charge is 0.376 e. The molecule has 0 spiro atoms. The maximum Gasteiger partial charge on any atom is 0.376 e. The summed E-state index contributed by atoms with van der Waals surface area (Å²) in [6.07, 6.45) is 2.47. The van der Waals surface area contributed by atoms with Gasteiger partial charge in [-0.1, -0.05) is 0 Å². The summed E-state index contributed by atoms with van der Waals surface area (Å²) in [6.45, 7) is 1.83. The molecule has 0 radical (unpaired) electrons. The topological polar surface area (TPSA) is 67.3 Å². The summed E-state index contributed by atoms with van der Waals surface area (Å²) in [7, 11) is 0. The lowest BCUT2D eigenvalue weighted by molar-refractivity contribution is -0.146. The molecule has 1 N–H and O–H groups in total. The molecular formula is C8H7NO3S. The van der Waals surface area contributed by atoms with Gasteiger partial charge in [0.25, 0.3) is 5.78 Å². The van der Waals surface area contributed by atoms with E-state index in [0.717, 1.165) is 16.6 Å². The Bertz CT molecular complexity index is 367. The molecule has 0 aliphatic rings. The third kappa shape index (κ3) is 2.79. The number of nitrogens with zero attached hydrogens (tertiary/aromatic N) is 1. The zero-order chi connectivity index (χ0) is 9.84. The van der Waals surface area contributed by atoms with Gasteiger partial charge in [-0.25, -0.2) is 4.79 Å². The van der Waals surface area contributed by atoms with Crippen molar-refractivity contribution in [1.29, 1.82) is 0 Å². The summed E-state index contributed by atoms with van der Waals surface area (Å²) >= 11 is 1.22. The molecule has 1 aromatic heterocycles. The van der Waals surface area contributed by atoms with Gasteiger partial charge in [-0.05, 0) is 36.7 Å². The predicted octanol–water partition coefficient (Wildman–Crippen LogP) is 1.12. The van der Waals surface area contributed by atoms with Crippen molar-refractivity contribution in [1.82, 2.24) is 4.37 Å². The number of carbonyl (C=O) groups is 2. The molecule has 0 bridgehead atoms. The van der Waals surface area contributed by atoms with Gasteiger partial charge in [0, 0.05) is 4.88 Å². The van der Waals surface area contributed by atoms with Crippen LogP contribution in [-0.4, -0.2) is 21.2 Å². The van der Waals surface area contributed by atoms with E-state index in [0.29, 0.717) is 0 Å². The number of carboxylic acids is 1. The molecule has 0 atom stereocenters. The molecule has 1 aromatic rings. The standard InChI is InChI=1S/C8H7NO3S/c1-5-4-6(13-9-5)2-3-7(10)8(11)12/h2-4H,1H3,(H,11,12)/b3-2+. The van der Waals surface area contributed by atoms with Crippen LogP contribution in [0.4, 0.5) is 0 Å². The molecule has 68 valence electrons. The van der Waals surface area contributed by atoms with Crippen molar-refractivity contribution in [3.05, 3.63) is 22.7 Å². The Balaban J connectivity index is 2.69. The summed E-state index contributed by atoms with van der Waals surface area (Å²) < 4.78 is 3.97. The molecule has 0 aliphatic heterocycles. The van der Waals surface area contributed by atoms with E-state index >= 15 is 0 Å². The van der Waals surface area contributed by atoms with Crippen LogP contribution in [0.2, 0.25) is 0 Å². The van der Waals surface area contributed by atoms with Crippen molar-refractivity contribution in [3.63, 3.8) is 0 Å². The van der Waals surface area contributed by atoms with Gasteiger partial charge in [-0.2, -0.15) is 4.37 Å². The van der Waals surface area contributed by atoms with Gasteiger partial charge in [0.2, 0.25) is 0 Å². The second-order valence-electron chi connectivity index (χ2n) is 2.37. The monoisotopic (exact) mass is 197 g/mol. The normalized spacial score (nSPS) is 10.5. The minimum atomic E-state index is -1.45. The van der Waals surface area contributed by atoms with Gasteiger partial charge >= 0.3 is 5.97 Å². The number of carboxylic acid groups (broad SMARTS) is 1. The number of rotatable bonds is 3. The largest absolute Gasteiger partial charge is 0.475 e. The number of hydrogen-bond acceptors (Lipinski definition) is 4. The fraction of sp³-hybridized carbons (Fsp3) is 0.125.